The van der Waals surface area contributed by atoms with Crippen molar-refractivity contribution >= 4 is 5.78 Å². The van der Waals surface area contributed by atoms with E-state index in [0.29, 0.717) is 5.75 Å². The molecule has 25 heavy (non-hydrogen) atoms. The molecule has 2 aromatic carbocycles. The molecule has 1 saturated heterocycles. The van der Waals surface area contributed by atoms with Gasteiger partial charge >= 0.3 is 0 Å². The standard InChI is InChI=1S/C22H23NO2/c1-3-13-23-14-11-22(12-15-23)17-8-5-4-7-16(17)21(24)20-18(22)9-6-10-19(20)25-2/h3-10H,1,11-15H2,2H3. The Morgan fingerprint density at radius 1 is 1.12 bits per heavy atom. The Kier molecular flexibility index (Phi) is 3.97. The molecule has 0 N–H and O–H groups in total. The smallest absolute Gasteiger partial charge is 0.197 e. The maximum atomic E-state index is 13.2. The maximum Gasteiger partial charge on any atom is 0.197 e. The minimum Gasteiger partial charge on any atom is -0.496 e. The first-order valence-electron chi connectivity index (χ1n) is 8.86. The molecule has 4 rings (SSSR count). The highest BCUT2D eigenvalue weighted by molar-refractivity contribution is 6.14. The number of likely N-dealkylation sites (tertiary alicyclic amines) is 1. The number of rotatable bonds is 3. The summed E-state index contributed by atoms with van der Waals surface area (Å²) in [5.41, 5.74) is 3.79. The second kappa shape index (κ2) is 6.16. The quantitative estimate of drug-likeness (QED) is 0.800. The van der Waals surface area contributed by atoms with Gasteiger partial charge in [-0.05, 0) is 43.1 Å². The summed E-state index contributed by atoms with van der Waals surface area (Å²) in [5.74, 6) is 0.770. The Hall–Kier alpha value is -2.39. The molecule has 0 aromatic heterocycles. The zero-order valence-corrected chi connectivity index (χ0v) is 14.6. The number of carbonyl (C=O) groups is 1. The Bertz CT molecular complexity index is 832. The second-order valence-corrected chi connectivity index (χ2v) is 6.93. The highest BCUT2D eigenvalue weighted by Crippen LogP contribution is 2.49. The number of hydrogen-bond acceptors (Lipinski definition) is 3. The highest BCUT2D eigenvalue weighted by atomic mass is 16.5. The number of ether oxygens (including phenoxy) is 1. The second-order valence-electron chi connectivity index (χ2n) is 6.93. The van der Waals surface area contributed by atoms with Crippen molar-refractivity contribution in [1.82, 2.24) is 4.90 Å². The molecule has 2 aliphatic rings. The van der Waals surface area contributed by atoms with Gasteiger partial charge in [-0.15, -0.1) is 6.58 Å². The molecule has 1 fully saturated rings. The first kappa shape index (κ1) is 16.1. The molecule has 1 heterocycles. The van der Waals surface area contributed by atoms with Crippen LogP contribution in [0.2, 0.25) is 0 Å². The molecule has 128 valence electrons. The van der Waals surface area contributed by atoms with Crippen molar-refractivity contribution < 1.29 is 9.53 Å². The van der Waals surface area contributed by atoms with Crippen molar-refractivity contribution in [2.75, 3.05) is 26.7 Å². The first-order valence-corrected chi connectivity index (χ1v) is 8.86. The third-order valence-electron chi connectivity index (χ3n) is 5.77. The topological polar surface area (TPSA) is 29.5 Å². The summed E-state index contributed by atoms with van der Waals surface area (Å²) < 4.78 is 5.55. The predicted molar refractivity (Wildman–Crippen MR) is 99.5 cm³/mol. The van der Waals surface area contributed by atoms with Crippen LogP contribution in [0, 0.1) is 0 Å². The zero-order valence-electron chi connectivity index (χ0n) is 14.6. The summed E-state index contributed by atoms with van der Waals surface area (Å²) in [6, 6.07) is 14.1. The van der Waals surface area contributed by atoms with Gasteiger partial charge < -0.3 is 4.74 Å². The molecule has 0 radical (unpaired) electrons. The van der Waals surface area contributed by atoms with Gasteiger partial charge in [-0.25, -0.2) is 0 Å². The summed E-state index contributed by atoms with van der Waals surface area (Å²) in [6.07, 6.45) is 3.98. The van der Waals surface area contributed by atoms with Crippen molar-refractivity contribution in [3.8, 4) is 5.75 Å². The summed E-state index contributed by atoms with van der Waals surface area (Å²) in [4.78, 5) is 15.6. The molecule has 0 bridgehead atoms. The lowest BCUT2D eigenvalue weighted by Crippen LogP contribution is -2.46. The average molecular weight is 333 g/mol. The van der Waals surface area contributed by atoms with Crippen LogP contribution in [0.1, 0.15) is 39.9 Å². The van der Waals surface area contributed by atoms with Crippen LogP contribution in [0.15, 0.2) is 55.1 Å². The van der Waals surface area contributed by atoms with E-state index >= 15 is 0 Å². The van der Waals surface area contributed by atoms with E-state index in [1.54, 1.807) is 7.11 Å². The number of hydrogen-bond donors (Lipinski definition) is 0. The van der Waals surface area contributed by atoms with E-state index in [4.69, 9.17) is 4.74 Å². The molecule has 1 aliphatic heterocycles. The minimum absolute atomic E-state index is 0.0854. The predicted octanol–water partition coefficient (Wildman–Crippen LogP) is 3.81. The molecule has 1 spiro atoms. The molecular weight excluding hydrogens is 310 g/mol. The van der Waals surface area contributed by atoms with Gasteiger partial charge in [0, 0.05) is 17.5 Å². The van der Waals surface area contributed by atoms with E-state index in [9.17, 15) is 4.79 Å². The van der Waals surface area contributed by atoms with Crippen LogP contribution in [0.4, 0.5) is 0 Å². The number of piperidine rings is 1. The molecule has 2 aromatic rings. The van der Waals surface area contributed by atoms with Gasteiger partial charge in [0.1, 0.15) is 5.75 Å². The number of methoxy groups -OCH3 is 1. The highest BCUT2D eigenvalue weighted by Gasteiger charge is 2.46. The van der Waals surface area contributed by atoms with Crippen LogP contribution in [0.5, 0.6) is 5.75 Å². The Labute approximate surface area is 148 Å². The van der Waals surface area contributed by atoms with E-state index in [0.717, 1.165) is 49.2 Å². The molecule has 0 atom stereocenters. The van der Waals surface area contributed by atoms with Gasteiger partial charge in [-0.3, -0.25) is 9.69 Å². The molecule has 1 aliphatic carbocycles. The molecular formula is C22H23NO2. The van der Waals surface area contributed by atoms with Crippen LogP contribution in [0.25, 0.3) is 0 Å². The molecule has 0 saturated carbocycles. The summed E-state index contributed by atoms with van der Waals surface area (Å²) in [5, 5.41) is 0. The van der Waals surface area contributed by atoms with Gasteiger partial charge in [0.05, 0.1) is 12.7 Å². The molecule has 3 nitrogen and oxygen atoms in total. The van der Waals surface area contributed by atoms with Crippen LogP contribution >= 0.6 is 0 Å². The monoisotopic (exact) mass is 333 g/mol. The number of nitrogens with zero attached hydrogens (tertiary/aromatic N) is 1. The summed E-state index contributed by atoms with van der Waals surface area (Å²) in [7, 11) is 1.64. The van der Waals surface area contributed by atoms with Crippen molar-refractivity contribution in [3.63, 3.8) is 0 Å². The van der Waals surface area contributed by atoms with E-state index in [-0.39, 0.29) is 11.2 Å². The van der Waals surface area contributed by atoms with Crippen molar-refractivity contribution in [1.29, 1.82) is 0 Å². The van der Waals surface area contributed by atoms with Gasteiger partial charge in [0.25, 0.3) is 0 Å². The fraction of sp³-hybridized carbons (Fsp3) is 0.318. The Morgan fingerprint density at radius 3 is 2.56 bits per heavy atom. The number of carbonyl (C=O) groups excluding carboxylic acids is 1. The van der Waals surface area contributed by atoms with E-state index < -0.39 is 0 Å². The first-order chi connectivity index (χ1) is 12.2. The lowest BCUT2D eigenvalue weighted by Gasteiger charge is -2.46. The molecule has 3 heteroatoms. The number of ketones is 1. The fourth-order valence-corrected chi connectivity index (χ4v) is 4.55. The molecule has 0 amide bonds. The van der Waals surface area contributed by atoms with Crippen LogP contribution in [-0.2, 0) is 5.41 Å². The SMILES string of the molecule is C=CCN1CCC2(CC1)c1ccccc1C(=O)c1c(OC)cccc12. The van der Waals surface area contributed by atoms with Crippen LogP contribution < -0.4 is 4.74 Å². The number of fused-ring (bicyclic) bond motifs is 4. The van der Waals surface area contributed by atoms with E-state index in [1.807, 2.05) is 30.3 Å². The number of benzene rings is 2. The van der Waals surface area contributed by atoms with Crippen molar-refractivity contribution in [2.24, 2.45) is 0 Å². The summed E-state index contributed by atoms with van der Waals surface area (Å²) >= 11 is 0. The van der Waals surface area contributed by atoms with Gasteiger partial charge in [0.2, 0.25) is 0 Å². The van der Waals surface area contributed by atoms with Crippen LogP contribution in [-0.4, -0.2) is 37.4 Å². The third-order valence-corrected chi connectivity index (χ3v) is 5.77. The van der Waals surface area contributed by atoms with Crippen molar-refractivity contribution in [3.05, 3.63) is 77.4 Å². The van der Waals surface area contributed by atoms with Gasteiger partial charge in [-0.2, -0.15) is 0 Å². The zero-order chi connectivity index (χ0) is 17.4. The van der Waals surface area contributed by atoms with Crippen molar-refractivity contribution in [2.45, 2.75) is 18.3 Å². The maximum absolute atomic E-state index is 13.2. The Morgan fingerprint density at radius 2 is 1.84 bits per heavy atom. The fourth-order valence-electron chi connectivity index (χ4n) is 4.55. The largest absolute Gasteiger partial charge is 0.496 e. The van der Waals surface area contributed by atoms with Gasteiger partial charge in [-0.1, -0.05) is 42.5 Å². The lowest BCUT2D eigenvalue weighted by molar-refractivity contribution is 0.101. The normalized spacial score (nSPS) is 18.5. The lowest BCUT2D eigenvalue weighted by atomic mass is 9.61. The third kappa shape index (κ3) is 2.34. The summed E-state index contributed by atoms with van der Waals surface area (Å²) in [6.45, 7) is 6.79. The van der Waals surface area contributed by atoms with E-state index in [2.05, 4.69) is 29.7 Å². The molecule has 0 unspecified atom stereocenters. The minimum atomic E-state index is -0.105. The Balaban J connectivity index is 1.90. The average Bonchev–Trinajstić information content (AvgIpc) is 2.67. The van der Waals surface area contributed by atoms with E-state index in [1.165, 1.54) is 5.56 Å². The van der Waals surface area contributed by atoms with Gasteiger partial charge in [0.15, 0.2) is 5.78 Å². The van der Waals surface area contributed by atoms with Crippen LogP contribution in [0.3, 0.4) is 0 Å².